The Kier molecular flexibility index (Phi) is 4.60. The molecular weight excluding hydrogens is 252 g/mol. The number of amides is 1. The van der Waals surface area contributed by atoms with E-state index in [1.54, 1.807) is 18.2 Å². The highest BCUT2D eigenvalue weighted by Gasteiger charge is 2.05. The predicted molar refractivity (Wildman–Crippen MR) is 80.8 cm³/mol. The fourth-order valence-electron chi connectivity index (χ4n) is 1.92. The molecule has 3 N–H and O–H groups in total. The smallest absolute Gasteiger partial charge is 0.228 e. The van der Waals surface area contributed by atoms with Gasteiger partial charge in [0.25, 0.3) is 0 Å². The van der Waals surface area contributed by atoms with Gasteiger partial charge in [-0.05, 0) is 36.8 Å². The van der Waals surface area contributed by atoms with E-state index in [-0.39, 0.29) is 5.91 Å². The molecule has 2 rings (SSSR count). The van der Waals surface area contributed by atoms with Gasteiger partial charge in [-0.3, -0.25) is 4.79 Å². The molecule has 4 nitrogen and oxygen atoms in total. The first kappa shape index (κ1) is 13.9. The minimum absolute atomic E-state index is 0.0794. The van der Waals surface area contributed by atoms with Gasteiger partial charge in [0.15, 0.2) is 0 Å². The summed E-state index contributed by atoms with van der Waals surface area (Å²) in [6, 6.07) is 14.7. The molecule has 0 radical (unpaired) electrons. The fraction of sp³-hybridized carbons (Fsp3) is 0.188. The van der Waals surface area contributed by atoms with Crippen LogP contribution in [0.5, 0.6) is 5.75 Å². The predicted octanol–water partition coefficient (Wildman–Crippen LogP) is 2.85. The van der Waals surface area contributed by atoms with E-state index in [4.69, 9.17) is 10.5 Å². The molecule has 20 heavy (non-hydrogen) atoms. The van der Waals surface area contributed by atoms with Crippen LogP contribution in [0.1, 0.15) is 12.5 Å². The highest BCUT2D eigenvalue weighted by Crippen LogP contribution is 2.17. The van der Waals surface area contributed by atoms with E-state index >= 15 is 0 Å². The Balaban J connectivity index is 1.99. The number of carbonyl (C=O) groups excluding carboxylic acids is 1. The van der Waals surface area contributed by atoms with Crippen molar-refractivity contribution in [3.8, 4) is 5.75 Å². The van der Waals surface area contributed by atoms with Crippen molar-refractivity contribution in [2.75, 3.05) is 17.7 Å². The van der Waals surface area contributed by atoms with Gasteiger partial charge in [0, 0.05) is 17.4 Å². The first-order chi connectivity index (χ1) is 9.67. The lowest BCUT2D eigenvalue weighted by atomic mass is 10.1. The number of nitrogens with one attached hydrogen (secondary N) is 1. The molecule has 2 aromatic rings. The van der Waals surface area contributed by atoms with E-state index in [1.807, 2.05) is 37.3 Å². The van der Waals surface area contributed by atoms with Crippen LogP contribution in [0.4, 0.5) is 11.4 Å². The zero-order valence-corrected chi connectivity index (χ0v) is 11.4. The summed E-state index contributed by atoms with van der Waals surface area (Å²) in [5.74, 6) is 0.665. The molecule has 0 aliphatic rings. The second-order valence-corrected chi connectivity index (χ2v) is 4.43. The van der Waals surface area contributed by atoms with Crippen LogP contribution in [-0.2, 0) is 11.2 Å². The Morgan fingerprint density at radius 2 is 2.00 bits per heavy atom. The molecule has 1 amide bonds. The number of hydrogen-bond acceptors (Lipinski definition) is 3. The molecule has 0 atom stereocenters. The Morgan fingerprint density at radius 1 is 1.20 bits per heavy atom. The van der Waals surface area contributed by atoms with Gasteiger partial charge in [0.1, 0.15) is 5.75 Å². The van der Waals surface area contributed by atoms with E-state index in [9.17, 15) is 4.79 Å². The highest BCUT2D eigenvalue weighted by molar-refractivity contribution is 5.92. The van der Waals surface area contributed by atoms with E-state index in [0.717, 1.165) is 17.0 Å². The van der Waals surface area contributed by atoms with Gasteiger partial charge in [-0.25, -0.2) is 0 Å². The number of ether oxygens (including phenoxy) is 1. The van der Waals surface area contributed by atoms with Crippen molar-refractivity contribution in [2.45, 2.75) is 13.3 Å². The molecule has 0 fully saturated rings. The molecular formula is C16H18N2O2. The number of anilines is 2. The van der Waals surface area contributed by atoms with E-state index in [1.165, 1.54) is 0 Å². The van der Waals surface area contributed by atoms with Gasteiger partial charge in [0.2, 0.25) is 5.91 Å². The SMILES string of the molecule is CCOc1cccc(NC(=O)Cc2cccc(N)c2)c1. The number of nitrogens with two attached hydrogens (primary N) is 1. The van der Waals surface area contributed by atoms with Crippen molar-refractivity contribution in [1.82, 2.24) is 0 Å². The number of hydrogen-bond donors (Lipinski definition) is 2. The van der Waals surface area contributed by atoms with Crippen molar-refractivity contribution in [3.05, 3.63) is 54.1 Å². The normalized spacial score (nSPS) is 10.1. The van der Waals surface area contributed by atoms with Gasteiger partial charge in [0.05, 0.1) is 13.0 Å². The molecule has 0 saturated carbocycles. The van der Waals surface area contributed by atoms with E-state index in [0.29, 0.717) is 18.7 Å². The first-order valence-electron chi connectivity index (χ1n) is 6.54. The lowest BCUT2D eigenvalue weighted by Crippen LogP contribution is -2.14. The summed E-state index contributed by atoms with van der Waals surface area (Å²) in [5.41, 5.74) is 7.97. The van der Waals surface area contributed by atoms with Crippen LogP contribution in [0.2, 0.25) is 0 Å². The largest absolute Gasteiger partial charge is 0.494 e. The molecule has 0 aliphatic heterocycles. The Labute approximate surface area is 118 Å². The monoisotopic (exact) mass is 270 g/mol. The van der Waals surface area contributed by atoms with E-state index < -0.39 is 0 Å². The third-order valence-electron chi connectivity index (χ3n) is 2.74. The number of nitrogen functional groups attached to an aromatic ring is 1. The first-order valence-corrected chi connectivity index (χ1v) is 6.54. The standard InChI is InChI=1S/C16H18N2O2/c1-2-20-15-8-4-7-14(11-15)18-16(19)10-12-5-3-6-13(17)9-12/h3-9,11H,2,10,17H2,1H3,(H,18,19). The van der Waals surface area contributed by atoms with Crippen molar-refractivity contribution in [3.63, 3.8) is 0 Å². The van der Waals surface area contributed by atoms with Gasteiger partial charge in [-0.2, -0.15) is 0 Å². The van der Waals surface area contributed by atoms with Crippen molar-refractivity contribution in [2.24, 2.45) is 0 Å². The topological polar surface area (TPSA) is 64.3 Å². The van der Waals surface area contributed by atoms with Crippen molar-refractivity contribution < 1.29 is 9.53 Å². The zero-order chi connectivity index (χ0) is 14.4. The maximum absolute atomic E-state index is 12.0. The quantitative estimate of drug-likeness (QED) is 0.821. The van der Waals surface area contributed by atoms with Gasteiger partial charge in [-0.1, -0.05) is 18.2 Å². The van der Waals surface area contributed by atoms with Gasteiger partial charge >= 0.3 is 0 Å². The third-order valence-corrected chi connectivity index (χ3v) is 2.74. The molecule has 0 aliphatic carbocycles. The molecule has 0 spiro atoms. The molecule has 2 aromatic carbocycles. The Morgan fingerprint density at radius 3 is 2.75 bits per heavy atom. The molecule has 104 valence electrons. The fourth-order valence-corrected chi connectivity index (χ4v) is 1.92. The summed E-state index contributed by atoms with van der Waals surface area (Å²) >= 11 is 0. The second kappa shape index (κ2) is 6.61. The van der Waals surface area contributed by atoms with Crippen LogP contribution < -0.4 is 15.8 Å². The van der Waals surface area contributed by atoms with Crippen molar-refractivity contribution in [1.29, 1.82) is 0 Å². The average Bonchev–Trinajstić information content (AvgIpc) is 2.39. The Bertz CT molecular complexity index is 597. The zero-order valence-electron chi connectivity index (χ0n) is 11.4. The van der Waals surface area contributed by atoms with Crippen LogP contribution in [0.15, 0.2) is 48.5 Å². The lowest BCUT2D eigenvalue weighted by Gasteiger charge is -2.08. The maximum Gasteiger partial charge on any atom is 0.228 e. The van der Waals surface area contributed by atoms with Crippen molar-refractivity contribution >= 4 is 17.3 Å². The van der Waals surface area contributed by atoms with Crippen LogP contribution >= 0.6 is 0 Å². The number of rotatable bonds is 5. The van der Waals surface area contributed by atoms with Gasteiger partial charge < -0.3 is 15.8 Å². The molecule has 4 heteroatoms. The summed E-state index contributed by atoms with van der Waals surface area (Å²) in [7, 11) is 0. The molecule has 0 bridgehead atoms. The van der Waals surface area contributed by atoms with Crippen LogP contribution in [0.25, 0.3) is 0 Å². The summed E-state index contributed by atoms with van der Waals surface area (Å²) in [6.45, 7) is 2.52. The highest BCUT2D eigenvalue weighted by atomic mass is 16.5. The number of benzene rings is 2. The second-order valence-electron chi connectivity index (χ2n) is 4.43. The molecule has 0 heterocycles. The summed E-state index contributed by atoms with van der Waals surface area (Å²) in [5, 5.41) is 2.85. The minimum Gasteiger partial charge on any atom is -0.494 e. The minimum atomic E-state index is -0.0794. The summed E-state index contributed by atoms with van der Waals surface area (Å²) in [4.78, 5) is 12.0. The average molecular weight is 270 g/mol. The lowest BCUT2D eigenvalue weighted by molar-refractivity contribution is -0.115. The molecule has 0 aromatic heterocycles. The molecule has 0 saturated heterocycles. The summed E-state index contributed by atoms with van der Waals surface area (Å²) < 4.78 is 5.39. The van der Waals surface area contributed by atoms with Gasteiger partial charge in [-0.15, -0.1) is 0 Å². The van der Waals surface area contributed by atoms with Crippen LogP contribution in [-0.4, -0.2) is 12.5 Å². The van der Waals surface area contributed by atoms with Crippen LogP contribution in [0, 0.1) is 0 Å². The number of carbonyl (C=O) groups is 1. The Hall–Kier alpha value is -2.49. The maximum atomic E-state index is 12.0. The van der Waals surface area contributed by atoms with E-state index in [2.05, 4.69) is 5.32 Å². The molecule has 0 unspecified atom stereocenters. The summed E-state index contributed by atoms with van der Waals surface area (Å²) in [6.07, 6.45) is 0.296. The third kappa shape index (κ3) is 4.02. The van der Waals surface area contributed by atoms with Crippen LogP contribution in [0.3, 0.4) is 0 Å².